The SMILES string of the molecule is Clc1ccc2c3ccccc3c3cc(Br)ccc3c2c1. The number of hydrogen-bond acceptors (Lipinski definition) is 0. The van der Waals surface area contributed by atoms with Gasteiger partial charge in [-0.3, -0.25) is 0 Å². The van der Waals surface area contributed by atoms with Gasteiger partial charge in [0, 0.05) is 9.50 Å². The Labute approximate surface area is 130 Å². The van der Waals surface area contributed by atoms with Gasteiger partial charge in [-0.05, 0) is 56.6 Å². The second-order valence-electron chi connectivity index (χ2n) is 4.93. The van der Waals surface area contributed by atoms with Crippen LogP contribution in [0.3, 0.4) is 0 Å². The molecule has 0 spiro atoms. The molecule has 4 rings (SSSR count). The number of rotatable bonds is 0. The predicted octanol–water partition coefficient (Wildman–Crippen LogP) is 6.56. The third kappa shape index (κ3) is 1.74. The van der Waals surface area contributed by atoms with Crippen molar-refractivity contribution in [2.24, 2.45) is 0 Å². The molecule has 0 saturated heterocycles. The smallest absolute Gasteiger partial charge is 0.0412 e. The molecular formula is C18H10BrCl. The lowest BCUT2D eigenvalue weighted by Gasteiger charge is -2.10. The van der Waals surface area contributed by atoms with Crippen LogP contribution in [0.2, 0.25) is 5.02 Å². The Balaban J connectivity index is 2.40. The lowest BCUT2D eigenvalue weighted by atomic mass is 9.94. The Morgan fingerprint density at radius 2 is 1.15 bits per heavy atom. The molecule has 0 heterocycles. The van der Waals surface area contributed by atoms with E-state index in [0.717, 1.165) is 9.50 Å². The second kappa shape index (κ2) is 4.47. The Kier molecular flexibility index (Phi) is 2.73. The minimum atomic E-state index is 0.775. The van der Waals surface area contributed by atoms with Crippen LogP contribution < -0.4 is 0 Å². The zero-order chi connectivity index (χ0) is 13.7. The highest BCUT2D eigenvalue weighted by molar-refractivity contribution is 9.10. The molecule has 4 aromatic carbocycles. The molecule has 0 unspecified atom stereocenters. The maximum atomic E-state index is 6.19. The van der Waals surface area contributed by atoms with E-state index in [2.05, 4.69) is 70.5 Å². The number of benzene rings is 4. The van der Waals surface area contributed by atoms with E-state index >= 15 is 0 Å². The largest absolute Gasteiger partial charge is 0.0843 e. The van der Waals surface area contributed by atoms with Gasteiger partial charge in [-0.15, -0.1) is 0 Å². The average molecular weight is 342 g/mol. The highest BCUT2D eigenvalue weighted by atomic mass is 79.9. The predicted molar refractivity (Wildman–Crippen MR) is 91.7 cm³/mol. The first-order chi connectivity index (χ1) is 9.74. The van der Waals surface area contributed by atoms with Crippen molar-refractivity contribution in [3.63, 3.8) is 0 Å². The third-order valence-electron chi connectivity index (χ3n) is 3.76. The van der Waals surface area contributed by atoms with Crippen LogP contribution in [0.5, 0.6) is 0 Å². The van der Waals surface area contributed by atoms with E-state index in [4.69, 9.17) is 11.6 Å². The third-order valence-corrected chi connectivity index (χ3v) is 4.49. The summed E-state index contributed by atoms with van der Waals surface area (Å²) in [6, 6.07) is 21.1. The first-order valence-electron chi connectivity index (χ1n) is 6.43. The van der Waals surface area contributed by atoms with Crippen molar-refractivity contribution in [2.75, 3.05) is 0 Å². The van der Waals surface area contributed by atoms with Crippen LogP contribution >= 0.6 is 27.5 Å². The van der Waals surface area contributed by atoms with Crippen LogP contribution in [0.4, 0.5) is 0 Å². The first-order valence-corrected chi connectivity index (χ1v) is 7.60. The van der Waals surface area contributed by atoms with Crippen molar-refractivity contribution in [1.29, 1.82) is 0 Å². The van der Waals surface area contributed by atoms with Crippen molar-refractivity contribution in [3.05, 3.63) is 70.2 Å². The van der Waals surface area contributed by atoms with E-state index < -0.39 is 0 Å². The van der Waals surface area contributed by atoms with Crippen molar-refractivity contribution in [3.8, 4) is 0 Å². The van der Waals surface area contributed by atoms with Gasteiger partial charge in [0.25, 0.3) is 0 Å². The molecule has 0 amide bonds. The molecule has 0 bridgehead atoms. The summed E-state index contributed by atoms with van der Waals surface area (Å²) in [6.07, 6.45) is 0. The lowest BCUT2D eigenvalue weighted by molar-refractivity contribution is 1.73. The number of hydrogen-bond donors (Lipinski definition) is 0. The molecule has 0 fully saturated rings. The van der Waals surface area contributed by atoms with Crippen LogP contribution in [0.25, 0.3) is 32.3 Å². The van der Waals surface area contributed by atoms with Gasteiger partial charge in [-0.2, -0.15) is 0 Å². The first kappa shape index (κ1) is 12.2. The van der Waals surface area contributed by atoms with Crippen LogP contribution in [-0.2, 0) is 0 Å². The van der Waals surface area contributed by atoms with Crippen molar-refractivity contribution in [1.82, 2.24) is 0 Å². The fourth-order valence-corrected chi connectivity index (χ4v) is 3.43. The summed E-state index contributed by atoms with van der Waals surface area (Å²) in [5, 5.41) is 8.27. The molecule has 0 saturated carbocycles. The van der Waals surface area contributed by atoms with Gasteiger partial charge in [0.1, 0.15) is 0 Å². The standard InChI is InChI=1S/C18H10BrCl/c19-11-5-7-16-17(9-11)14-4-2-1-3-13(14)15-8-6-12(20)10-18(15)16/h1-10H. The summed E-state index contributed by atoms with van der Waals surface area (Å²) < 4.78 is 1.09. The van der Waals surface area contributed by atoms with Crippen molar-refractivity contribution < 1.29 is 0 Å². The second-order valence-corrected chi connectivity index (χ2v) is 6.28. The molecule has 0 aliphatic carbocycles. The van der Waals surface area contributed by atoms with E-state index in [9.17, 15) is 0 Å². The van der Waals surface area contributed by atoms with Crippen LogP contribution in [0.1, 0.15) is 0 Å². The van der Waals surface area contributed by atoms with Crippen molar-refractivity contribution in [2.45, 2.75) is 0 Å². The van der Waals surface area contributed by atoms with Gasteiger partial charge in [-0.1, -0.05) is 63.9 Å². The Morgan fingerprint density at radius 1 is 0.600 bits per heavy atom. The Morgan fingerprint density at radius 3 is 1.95 bits per heavy atom. The van der Waals surface area contributed by atoms with E-state index in [1.54, 1.807) is 0 Å². The van der Waals surface area contributed by atoms with Gasteiger partial charge in [-0.25, -0.2) is 0 Å². The fraction of sp³-hybridized carbons (Fsp3) is 0. The van der Waals surface area contributed by atoms with Crippen LogP contribution in [0.15, 0.2) is 65.1 Å². The fourth-order valence-electron chi connectivity index (χ4n) is 2.90. The summed E-state index contributed by atoms with van der Waals surface area (Å²) >= 11 is 9.76. The van der Waals surface area contributed by atoms with Crippen LogP contribution in [0, 0.1) is 0 Å². The van der Waals surface area contributed by atoms with E-state index in [0.29, 0.717) is 0 Å². The molecule has 0 radical (unpaired) electrons. The molecule has 20 heavy (non-hydrogen) atoms. The number of fused-ring (bicyclic) bond motifs is 6. The van der Waals surface area contributed by atoms with E-state index in [1.807, 2.05) is 6.07 Å². The quantitative estimate of drug-likeness (QED) is 0.318. The summed E-state index contributed by atoms with van der Waals surface area (Å²) in [5.41, 5.74) is 0. The summed E-state index contributed by atoms with van der Waals surface area (Å²) in [5.74, 6) is 0. The zero-order valence-electron chi connectivity index (χ0n) is 10.5. The van der Waals surface area contributed by atoms with Gasteiger partial charge in [0.05, 0.1) is 0 Å². The Bertz CT molecular complexity index is 935. The minimum absolute atomic E-state index is 0.775. The van der Waals surface area contributed by atoms with Gasteiger partial charge in [0.15, 0.2) is 0 Å². The van der Waals surface area contributed by atoms with E-state index in [1.165, 1.54) is 32.3 Å². The summed E-state index contributed by atoms with van der Waals surface area (Å²) in [6.45, 7) is 0. The molecule has 0 aliphatic heterocycles. The topological polar surface area (TPSA) is 0 Å². The summed E-state index contributed by atoms with van der Waals surface area (Å²) in [7, 11) is 0. The highest BCUT2D eigenvalue weighted by Gasteiger charge is 2.08. The normalized spacial score (nSPS) is 11.5. The lowest BCUT2D eigenvalue weighted by Crippen LogP contribution is -1.83. The number of halogens is 2. The molecule has 96 valence electrons. The average Bonchev–Trinajstić information content (AvgIpc) is 2.47. The zero-order valence-corrected chi connectivity index (χ0v) is 12.9. The van der Waals surface area contributed by atoms with E-state index in [-0.39, 0.29) is 0 Å². The molecule has 0 atom stereocenters. The highest BCUT2D eigenvalue weighted by Crippen LogP contribution is 2.37. The molecular weight excluding hydrogens is 332 g/mol. The molecule has 4 aromatic rings. The Hall–Kier alpha value is -1.57. The molecule has 0 nitrogen and oxygen atoms in total. The molecule has 0 aromatic heterocycles. The minimum Gasteiger partial charge on any atom is -0.0843 e. The molecule has 2 heteroatoms. The molecule has 0 aliphatic rings. The van der Waals surface area contributed by atoms with Gasteiger partial charge in [0.2, 0.25) is 0 Å². The van der Waals surface area contributed by atoms with Gasteiger partial charge < -0.3 is 0 Å². The van der Waals surface area contributed by atoms with Crippen molar-refractivity contribution >= 4 is 59.8 Å². The molecule has 0 N–H and O–H groups in total. The van der Waals surface area contributed by atoms with Crippen LogP contribution in [-0.4, -0.2) is 0 Å². The monoisotopic (exact) mass is 340 g/mol. The maximum Gasteiger partial charge on any atom is 0.0412 e. The van der Waals surface area contributed by atoms with Gasteiger partial charge >= 0.3 is 0 Å². The summed E-state index contributed by atoms with van der Waals surface area (Å²) in [4.78, 5) is 0. The maximum absolute atomic E-state index is 6.19.